The number of piperidine rings is 1. The first-order chi connectivity index (χ1) is 11.3. The summed E-state index contributed by atoms with van der Waals surface area (Å²) in [4.78, 5) is 14.6. The molecule has 124 valence electrons. The van der Waals surface area contributed by atoms with Gasteiger partial charge in [-0.15, -0.1) is 0 Å². The Hall–Kier alpha value is -1.65. The van der Waals surface area contributed by atoms with Crippen LogP contribution in [0.4, 0.5) is 0 Å². The fraction of sp³-hybridized carbons (Fsp3) is 0.526. The van der Waals surface area contributed by atoms with Crippen molar-refractivity contribution >= 4 is 5.91 Å². The van der Waals surface area contributed by atoms with Crippen LogP contribution in [-0.2, 0) is 9.47 Å². The molecule has 3 rings (SSSR count). The molecule has 0 spiro atoms. The van der Waals surface area contributed by atoms with Crippen LogP contribution in [0.1, 0.15) is 30.1 Å². The maximum atomic E-state index is 12.7. The van der Waals surface area contributed by atoms with E-state index in [-0.39, 0.29) is 12.2 Å². The van der Waals surface area contributed by atoms with Gasteiger partial charge in [-0.05, 0) is 37.3 Å². The Bertz CT molecular complexity index is 537. The predicted octanol–water partition coefficient (Wildman–Crippen LogP) is 3.10. The van der Waals surface area contributed by atoms with Gasteiger partial charge in [-0.2, -0.15) is 0 Å². The van der Waals surface area contributed by atoms with Gasteiger partial charge in [0.25, 0.3) is 5.91 Å². The van der Waals surface area contributed by atoms with Crippen LogP contribution in [0.25, 0.3) is 0 Å². The summed E-state index contributed by atoms with van der Waals surface area (Å²) in [7, 11) is 0. The summed E-state index contributed by atoms with van der Waals surface area (Å²) < 4.78 is 11.2. The number of benzene rings is 1. The smallest absolute Gasteiger partial charge is 0.253 e. The fourth-order valence-corrected chi connectivity index (χ4v) is 3.53. The standard InChI is InChI=1S/C19H25NO3/c1-2-6-17-14-20(19(21)15-7-4-3-5-8-15)10-9-16(17)13-18-22-11-12-23-18/h2-8,16-18H,9-14H2,1H3/b6-2-/t16-,17+/m0/s1. The van der Waals surface area contributed by atoms with E-state index in [2.05, 4.69) is 12.2 Å². The van der Waals surface area contributed by atoms with Crippen LogP contribution in [0.2, 0.25) is 0 Å². The Morgan fingerprint density at radius 2 is 2.00 bits per heavy atom. The lowest BCUT2D eigenvalue weighted by Crippen LogP contribution is -2.44. The van der Waals surface area contributed by atoms with Crippen molar-refractivity contribution in [1.29, 1.82) is 0 Å². The molecule has 2 saturated heterocycles. The van der Waals surface area contributed by atoms with Crippen molar-refractivity contribution in [3.05, 3.63) is 48.0 Å². The van der Waals surface area contributed by atoms with Gasteiger partial charge in [-0.1, -0.05) is 30.4 Å². The van der Waals surface area contributed by atoms with Crippen LogP contribution >= 0.6 is 0 Å². The zero-order chi connectivity index (χ0) is 16.1. The van der Waals surface area contributed by atoms with Crippen molar-refractivity contribution in [1.82, 2.24) is 4.90 Å². The molecule has 2 aliphatic heterocycles. The molecule has 0 unspecified atom stereocenters. The maximum Gasteiger partial charge on any atom is 0.253 e. The number of amides is 1. The maximum absolute atomic E-state index is 12.7. The monoisotopic (exact) mass is 315 g/mol. The van der Waals surface area contributed by atoms with Gasteiger partial charge < -0.3 is 14.4 Å². The van der Waals surface area contributed by atoms with E-state index in [1.54, 1.807) is 0 Å². The van der Waals surface area contributed by atoms with Gasteiger partial charge in [0.2, 0.25) is 0 Å². The Kier molecular flexibility index (Phi) is 5.47. The molecule has 4 heteroatoms. The molecule has 0 aliphatic carbocycles. The zero-order valence-electron chi connectivity index (χ0n) is 13.7. The summed E-state index contributed by atoms with van der Waals surface area (Å²) in [6, 6.07) is 9.54. The quantitative estimate of drug-likeness (QED) is 0.802. The highest BCUT2D eigenvalue weighted by atomic mass is 16.7. The number of hydrogen-bond donors (Lipinski definition) is 0. The third-order valence-corrected chi connectivity index (χ3v) is 4.74. The van der Waals surface area contributed by atoms with Gasteiger partial charge in [-0.3, -0.25) is 4.79 Å². The molecule has 1 aromatic carbocycles. The number of carbonyl (C=O) groups is 1. The number of rotatable bonds is 4. The molecule has 1 amide bonds. The first-order valence-electron chi connectivity index (χ1n) is 8.48. The number of nitrogens with zero attached hydrogens (tertiary/aromatic N) is 1. The largest absolute Gasteiger partial charge is 0.350 e. The second kappa shape index (κ2) is 7.75. The topological polar surface area (TPSA) is 38.8 Å². The Balaban J connectivity index is 1.64. The first-order valence-corrected chi connectivity index (χ1v) is 8.48. The number of hydrogen-bond acceptors (Lipinski definition) is 3. The zero-order valence-corrected chi connectivity index (χ0v) is 13.7. The van der Waals surface area contributed by atoms with Crippen molar-refractivity contribution in [2.75, 3.05) is 26.3 Å². The van der Waals surface area contributed by atoms with Crippen molar-refractivity contribution in [3.63, 3.8) is 0 Å². The van der Waals surface area contributed by atoms with Gasteiger partial charge in [0.1, 0.15) is 0 Å². The number of likely N-dealkylation sites (tertiary alicyclic amines) is 1. The highest BCUT2D eigenvalue weighted by molar-refractivity contribution is 5.94. The average Bonchev–Trinajstić information content (AvgIpc) is 3.10. The summed E-state index contributed by atoms with van der Waals surface area (Å²) in [6.45, 7) is 5.01. The van der Waals surface area contributed by atoms with E-state index in [0.717, 1.165) is 31.5 Å². The van der Waals surface area contributed by atoms with E-state index in [4.69, 9.17) is 9.47 Å². The van der Waals surface area contributed by atoms with Gasteiger partial charge in [0, 0.05) is 25.1 Å². The SMILES string of the molecule is C/C=C\[C@@H]1CN(C(=O)c2ccccc2)CC[C@H]1CC1OCCO1. The molecular weight excluding hydrogens is 290 g/mol. The second-order valence-electron chi connectivity index (χ2n) is 6.26. The first kappa shape index (κ1) is 16.2. The molecule has 0 aromatic heterocycles. The molecule has 0 bridgehead atoms. The molecule has 2 atom stereocenters. The normalized spacial score (nSPS) is 26.0. The highest BCUT2D eigenvalue weighted by Gasteiger charge is 2.33. The molecule has 0 N–H and O–H groups in total. The molecular formula is C19H25NO3. The van der Waals surface area contributed by atoms with Gasteiger partial charge in [0.05, 0.1) is 13.2 Å². The highest BCUT2D eigenvalue weighted by Crippen LogP contribution is 2.31. The summed E-state index contributed by atoms with van der Waals surface area (Å²) in [5.41, 5.74) is 0.771. The van der Waals surface area contributed by atoms with E-state index in [9.17, 15) is 4.79 Å². The van der Waals surface area contributed by atoms with Crippen LogP contribution in [0, 0.1) is 11.8 Å². The molecule has 0 saturated carbocycles. The van der Waals surface area contributed by atoms with Crippen LogP contribution in [0.15, 0.2) is 42.5 Å². The minimum atomic E-state index is -0.0656. The fourth-order valence-electron chi connectivity index (χ4n) is 3.53. The molecule has 23 heavy (non-hydrogen) atoms. The molecule has 0 radical (unpaired) electrons. The van der Waals surface area contributed by atoms with E-state index < -0.39 is 0 Å². The van der Waals surface area contributed by atoms with Crippen molar-refractivity contribution in [2.45, 2.75) is 26.1 Å². The van der Waals surface area contributed by atoms with Gasteiger partial charge in [-0.25, -0.2) is 0 Å². The molecule has 1 aromatic rings. The summed E-state index contributed by atoms with van der Waals surface area (Å²) in [6.07, 6.45) is 6.16. The average molecular weight is 315 g/mol. The lowest BCUT2D eigenvalue weighted by Gasteiger charge is -2.38. The van der Waals surface area contributed by atoms with E-state index in [1.165, 1.54) is 0 Å². The van der Waals surface area contributed by atoms with E-state index >= 15 is 0 Å². The number of carbonyl (C=O) groups excluding carboxylic acids is 1. The minimum absolute atomic E-state index is 0.0656. The summed E-state index contributed by atoms with van der Waals surface area (Å²) in [5, 5.41) is 0. The Morgan fingerprint density at radius 1 is 1.26 bits per heavy atom. The van der Waals surface area contributed by atoms with Crippen LogP contribution in [-0.4, -0.2) is 43.4 Å². The summed E-state index contributed by atoms with van der Waals surface area (Å²) in [5.74, 6) is 1.01. The lowest BCUT2D eigenvalue weighted by molar-refractivity contribution is -0.0651. The van der Waals surface area contributed by atoms with Crippen LogP contribution in [0.3, 0.4) is 0 Å². The van der Waals surface area contributed by atoms with Crippen molar-refractivity contribution in [3.8, 4) is 0 Å². The number of ether oxygens (including phenoxy) is 2. The third-order valence-electron chi connectivity index (χ3n) is 4.74. The molecule has 2 fully saturated rings. The molecule has 4 nitrogen and oxygen atoms in total. The number of allylic oxidation sites excluding steroid dienone is 1. The van der Waals surface area contributed by atoms with Crippen molar-refractivity contribution in [2.24, 2.45) is 11.8 Å². The lowest BCUT2D eigenvalue weighted by atomic mass is 9.82. The third kappa shape index (κ3) is 4.01. The predicted molar refractivity (Wildman–Crippen MR) is 89.1 cm³/mol. The van der Waals surface area contributed by atoms with Crippen molar-refractivity contribution < 1.29 is 14.3 Å². The van der Waals surface area contributed by atoms with Gasteiger partial charge in [0.15, 0.2) is 6.29 Å². The van der Waals surface area contributed by atoms with Crippen LogP contribution in [0.5, 0.6) is 0 Å². The summed E-state index contributed by atoms with van der Waals surface area (Å²) >= 11 is 0. The molecule has 2 aliphatic rings. The Morgan fingerprint density at radius 3 is 2.70 bits per heavy atom. The second-order valence-corrected chi connectivity index (χ2v) is 6.26. The van der Waals surface area contributed by atoms with Gasteiger partial charge >= 0.3 is 0 Å². The molecule has 2 heterocycles. The van der Waals surface area contributed by atoms with Crippen LogP contribution < -0.4 is 0 Å². The van der Waals surface area contributed by atoms with E-state index in [0.29, 0.717) is 25.0 Å². The minimum Gasteiger partial charge on any atom is -0.350 e. The van der Waals surface area contributed by atoms with E-state index in [1.807, 2.05) is 42.2 Å². The Labute approximate surface area is 138 Å².